The number of pyridine rings is 1. The number of benzene rings is 3. The standard InChI is InChI=1S/C30H32FN3O5S/c1-4-5-7-12-30(34-40(35,36)20-21-10-8-6-9-11-21)33-22-13-14-27(24(31)17-22)39-26-15-16-32-25-19-29(38-3)28(37-2)18-23(25)26/h6,8-11,13-19H,4-5,7,12,20H2,1-3H3,(H,33,34). The van der Waals surface area contributed by atoms with Crippen LogP contribution in [0.25, 0.3) is 10.9 Å². The molecule has 0 atom stereocenters. The van der Waals surface area contributed by atoms with Crippen molar-refractivity contribution in [3.05, 3.63) is 84.3 Å². The number of hydrogen-bond acceptors (Lipinski definition) is 6. The first-order valence-corrected chi connectivity index (χ1v) is 14.5. The molecule has 0 aliphatic rings. The van der Waals surface area contributed by atoms with Crippen molar-refractivity contribution in [1.29, 1.82) is 0 Å². The quantitative estimate of drug-likeness (QED) is 0.111. The van der Waals surface area contributed by atoms with Crippen LogP contribution in [0.3, 0.4) is 0 Å². The topological polar surface area (TPSA) is 99.1 Å². The number of unbranched alkanes of at least 4 members (excludes halogenated alkanes) is 2. The maximum Gasteiger partial charge on any atom is 0.258 e. The molecule has 10 heteroatoms. The minimum Gasteiger partial charge on any atom is -0.493 e. The fourth-order valence-electron chi connectivity index (χ4n) is 4.14. The van der Waals surface area contributed by atoms with Crippen LogP contribution in [0.4, 0.5) is 10.1 Å². The van der Waals surface area contributed by atoms with Gasteiger partial charge in [0.2, 0.25) is 0 Å². The van der Waals surface area contributed by atoms with Gasteiger partial charge in [-0.15, -0.1) is 4.40 Å². The molecule has 40 heavy (non-hydrogen) atoms. The monoisotopic (exact) mass is 565 g/mol. The van der Waals surface area contributed by atoms with Crippen LogP contribution in [-0.2, 0) is 15.8 Å². The first-order chi connectivity index (χ1) is 19.3. The molecule has 0 aliphatic heterocycles. The molecule has 4 rings (SSSR count). The molecule has 3 aromatic carbocycles. The summed E-state index contributed by atoms with van der Waals surface area (Å²) in [5.41, 5.74) is 1.60. The zero-order valence-corrected chi connectivity index (χ0v) is 23.5. The maximum absolute atomic E-state index is 15.2. The molecule has 0 unspecified atom stereocenters. The Kier molecular flexibility index (Phi) is 9.55. The molecule has 8 nitrogen and oxygen atoms in total. The first kappa shape index (κ1) is 28.8. The van der Waals surface area contributed by atoms with Gasteiger partial charge in [-0.05, 0) is 36.2 Å². The van der Waals surface area contributed by atoms with E-state index in [-0.39, 0.29) is 17.3 Å². The summed E-state index contributed by atoms with van der Waals surface area (Å²) in [7, 11) is -0.738. The van der Waals surface area contributed by atoms with Gasteiger partial charge in [-0.3, -0.25) is 4.98 Å². The largest absolute Gasteiger partial charge is 0.493 e. The van der Waals surface area contributed by atoms with Crippen LogP contribution in [0.15, 0.2) is 77.3 Å². The summed E-state index contributed by atoms with van der Waals surface area (Å²) in [4.78, 5) is 4.34. The van der Waals surface area contributed by atoms with Crippen LogP contribution in [0.2, 0.25) is 0 Å². The molecule has 0 bridgehead atoms. The lowest BCUT2D eigenvalue weighted by atomic mass is 10.1. The Morgan fingerprint density at radius 1 is 0.925 bits per heavy atom. The molecule has 0 saturated carbocycles. The molecule has 0 radical (unpaired) electrons. The van der Waals surface area contributed by atoms with E-state index >= 15 is 4.39 Å². The summed E-state index contributed by atoms with van der Waals surface area (Å²) < 4.78 is 61.5. The van der Waals surface area contributed by atoms with Crippen LogP contribution in [-0.4, -0.2) is 33.5 Å². The normalized spacial score (nSPS) is 11.8. The summed E-state index contributed by atoms with van der Waals surface area (Å²) in [5, 5.41) is 3.62. The van der Waals surface area contributed by atoms with E-state index in [1.54, 1.807) is 54.7 Å². The number of hydrogen-bond donors (Lipinski definition) is 1. The van der Waals surface area contributed by atoms with E-state index in [1.807, 2.05) is 6.07 Å². The average molecular weight is 566 g/mol. The van der Waals surface area contributed by atoms with Gasteiger partial charge in [0.1, 0.15) is 11.6 Å². The fraction of sp³-hybridized carbons (Fsp3) is 0.267. The molecule has 1 aromatic heterocycles. The highest BCUT2D eigenvalue weighted by atomic mass is 32.2. The molecule has 0 saturated heterocycles. The number of nitrogens with zero attached hydrogens (tertiary/aromatic N) is 2. The molecule has 0 spiro atoms. The van der Waals surface area contributed by atoms with Crippen molar-refractivity contribution in [3.8, 4) is 23.0 Å². The number of anilines is 1. The van der Waals surface area contributed by atoms with E-state index in [2.05, 4.69) is 21.6 Å². The number of ether oxygens (including phenoxy) is 3. The Morgan fingerprint density at radius 3 is 2.38 bits per heavy atom. The van der Waals surface area contributed by atoms with Crippen LogP contribution in [0.5, 0.6) is 23.0 Å². The van der Waals surface area contributed by atoms with Gasteiger partial charge >= 0.3 is 0 Å². The van der Waals surface area contributed by atoms with E-state index in [0.29, 0.717) is 45.8 Å². The van der Waals surface area contributed by atoms with E-state index < -0.39 is 15.8 Å². The fourth-order valence-corrected chi connectivity index (χ4v) is 5.29. The molecule has 0 aliphatic carbocycles. The van der Waals surface area contributed by atoms with Gasteiger partial charge < -0.3 is 19.5 Å². The third-order valence-corrected chi connectivity index (χ3v) is 7.30. The molecule has 1 N–H and O–H groups in total. The van der Waals surface area contributed by atoms with Gasteiger partial charge in [-0.2, -0.15) is 0 Å². The minimum absolute atomic E-state index is 0.00555. The van der Waals surface area contributed by atoms with Crippen LogP contribution < -0.4 is 19.5 Å². The van der Waals surface area contributed by atoms with Crippen molar-refractivity contribution in [2.24, 2.45) is 4.40 Å². The number of sulfonamides is 1. The van der Waals surface area contributed by atoms with Gasteiger partial charge in [0.05, 0.1) is 25.5 Å². The van der Waals surface area contributed by atoms with Crippen molar-refractivity contribution >= 4 is 32.4 Å². The van der Waals surface area contributed by atoms with Gasteiger partial charge in [0.15, 0.2) is 23.1 Å². The number of rotatable bonds is 12. The van der Waals surface area contributed by atoms with Crippen molar-refractivity contribution in [1.82, 2.24) is 4.98 Å². The lowest BCUT2D eigenvalue weighted by molar-refractivity contribution is 0.355. The first-order valence-electron chi connectivity index (χ1n) is 12.9. The predicted molar refractivity (Wildman–Crippen MR) is 156 cm³/mol. The Morgan fingerprint density at radius 2 is 1.68 bits per heavy atom. The zero-order chi connectivity index (χ0) is 28.5. The van der Waals surface area contributed by atoms with Crippen LogP contribution >= 0.6 is 0 Å². The summed E-state index contributed by atoms with van der Waals surface area (Å²) in [6.07, 6.45) is 4.60. The maximum atomic E-state index is 15.2. The van der Waals surface area contributed by atoms with Crippen LogP contribution in [0.1, 0.15) is 38.2 Å². The highest BCUT2D eigenvalue weighted by molar-refractivity contribution is 7.89. The smallest absolute Gasteiger partial charge is 0.258 e. The number of methoxy groups -OCH3 is 2. The Balaban J connectivity index is 1.57. The van der Waals surface area contributed by atoms with E-state index in [4.69, 9.17) is 14.2 Å². The second-order valence-electron chi connectivity index (χ2n) is 9.11. The highest BCUT2D eigenvalue weighted by Crippen LogP contribution is 2.37. The molecular weight excluding hydrogens is 533 g/mol. The number of amidine groups is 1. The predicted octanol–water partition coefficient (Wildman–Crippen LogP) is 7.10. The van der Waals surface area contributed by atoms with E-state index in [1.165, 1.54) is 26.4 Å². The molecule has 0 amide bonds. The minimum atomic E-state index is -3.80. The number of fused-ring (bicyclic) bond motifs is 1. The summed E-state index contributed by atoms with van der Waals surface area (Å²) in [6.45, 7) is 2.06. The molecule has 210 valence electrons. The van der Waals surface area contributed by atoms with E-state index in [9.17, 15) is 8.42 Å². The molecular formula is C30H32FN3O5S. The third-order valence-electron chi connectivity index (χ3n) is 6.11. The van der Waals surface area contributed by atoms with Gasteiger partial charge in [-0.25, -0.2) is 12.8 Å². The molecule has 4 aromatic rings. The second kappa shape index (κ2) is 13.3. The van der Waals surface area contributed by atoms with Crippen molar-refractivity contribution in [2.45, 2.75) is 38.4 Å². The Hall–Kier alpha value is -4.18. The third kappa shape index (κ3) is 7.47. The van der Waals surface area contributed by atoms with Gasteiger partial charge in [0, 0.05) is 35.8 Å². The molecule has 1 heterocycles. The Bertz CT molecular complexity index is 1590. The van der Waals surface area contributed by atoms with Crippen LogP contribution in [0, 0.1) is 5.82 Å². The Labute approximate surface area is 233 Å². The zero-order valence-electron chi connectivity index (χ0n) is 22.7. The van der Waals surface area contributed by atoms with Crippen molar-refractivity contribution in [2.75, 3.05) is 19.5 Å². The number of nitrogens with one attached hydrogen (secondary N) is 1. The number of aromatic nitrogens is 1. The average Bonchev–Trinajstić information content (AvgIpc) is 2.94. The van der Waals surface area contributed by atoms with Crippen molar-refractivity contribution in [3.63, 3.8) is 0 Å². The molecule has 0 fully saturated rings. The lowest BCUT2D eigenvalue weighted by Crippen LogP contribution is -2.16. The SMILES string of the molecule is CCCCC/C(=N\S(=O)(=O)Cc1ccccc1)Nc1ccc(Oc2ccnc3cc(OC)c(OC)cc23)c(F)c1. The second-order valence-corrected chi connectivity index (χ2v) is 10.7. The summed E-state index contributed by atoms with van der Waals surface area (Å²) in [6, 6.07) is 18.3. The number of halogens is 1. The lowest BCUT2D eigenvalue weighted by Gasteiger charge is -2.14. The highest BCUT2D eigenvalue weighted by Gasteiger charge is 2.16. The summed E-state index contributed by atoms with van der Waals surface area (Å²) in [5.74, 6) is 0.806. The van der Waals surface area contributed by atoms with Gasteiger partial charge in [0.25, 0.3) is 10.0 Å². The summed E-state index contributed by atoms with van der Waals surface area (Å²) >= 11 is 0. The van der Waals surface area contributed by atoms with Gasteiger partial charge in [-0.1, -0.05) is 50.1 Å². The van der Waals surface area contributed by atoms with E-state index in [0.717, 1.165) is 19.3 Å². The van der Waals surface area contributed by atoms with Crippen molar-refractivity contribution < 1.29 is 27.0 Å².